The van der Waals surface area contributed by atoms with Gasteiger partial charge >= 0.3 is 0 Å². The molecule has 1 aromatic rings. The molecule has 1 atom stereocenters. The number of carbonyl (C=O) groups is 2. The molecule has 1 aliphatic rings. The SMILES string of the molecule is C[C@H](NC(=O)c1ccc(Cl)cc1)C(=O)N1CCCCC1. The van der Waals surface area contributed by atoms with Gasteiger partial charge in [-0.1, -0.05) is 11.6 Å². The molecule has 1 fully saturated rings. The number of nitrogens with zero attached hydrogens (tertiary/aromatic N) is 1. The van der Waals surface area contributed by atoms with E-state index in [4.69, 9.17) is 11.6 Å². The van der Waals surface area contributed by atoms with Crippen LogP contribution in [0.4, 0.5) is 0 Å². The molecule has 1 aliphatic heterocycles. The Balaban J connectivity index is 1.92. The van der Waals surface area contributed by atoms with Gasteiger partial charge in [0.05, 0.1) is 0 Å². The Bertz CT molecular complexity index is 481. The van der Waals surface area contributed by atoms with Gasteiger partial charge in [0.1, 0.15) is 6.04 Å². The summed E-state index contributed by atoms with van der Waals surface area (Å²) in [5.74, 6) is -0.258. The second kappa shape index (κ2) is 6.75. The summed E-state index contributed by atoms with van der Waals surface area (Å²) in [7, 11) is 0. The van der Waals surface area contributed by atoms with Crippen molar-refractivity contribution in [2.24, 2.45) is 0 Å². The number of hydrogen-bond acceptors (Lipinski definition) is 2. The van der Waals surface area contributed by atoms with Crippen molar-refractivity contribution in [2.45, 2.75) is 32.2 Å². The number of benzene rings is 1. The second-order valence-electron chi connectivity index (χ2n) is 5.09. The predicted octanol–water partition coefficient (Wildman–Crippen LogP) is 2.47. The third-order valence-electron chi connectivity index (χ3n) is 3.49. The fourth-order valence-electron chi connectivity index (χ4n) is 2.33. The number of nitrogens with one attached hydrogen (secondary N) is 1. The molecule has 108 valence electrons. The van der Waals surface area contributed by atoms with Crippen LogP contribution in [0.5, 0.6) is 0 Å². The summed E-state index contributed by atoms with van der Waals surface area (Å²) in [6.45, 7) is 3.31. The molecule has 1 heterocycles. The Hall–Kier alpha value is -1.55. The normalized spacial score (nSPS) is 16.6. The van der Waals surface area contributed by atoms with Gasteiger partial charge in [0.15, 0.2) is 0 Å². The number of likely N-dealkylation sites (tertiary alicyclic amines) is 1. The zero-order valence-corrected chi connectivity index (χ0v) is 12.3. The molecule has 2 amide bonds. The highest BCUT2D eigenvalue weighted by atomic mass is 35.5. The Morgan fingerprint density at radius 3 is 2.35 bits per heavy atom. The highest BCUT2D eigenvalue weighted by Crippen LogP contribution is 2.11. The van der Waals surface area contributed by atoms with Gasteiger partial charge in [-0.05, 0) is 50.5 Å². The molecule has 1 saturated heterocycles. The molecule has 1 aromatic carbocycles. The molecule has 5 heteroatoms. The van der Waals surface area contributed by atoms with Crippen molar-refractivity contribution in [3.05, 3.63) is 34.9 Å². The van der Waals surface area contributed by atoms with E-state index in [1.807, 2.05) is 4.90 Å². The van der Waals surface area contributed by atoms with Gasteiger partial charge in [-0.2, -0.15) is 0 Å². The molecule has 0 saturated carbocycles. The number of rotatable bonds is 3. The van der Waals surface area contributed by atoms with Crippen LogP contribution in [0, 0.1) is 0 Å². The van der Waals surface area contributed by atoms with Crippen LogP contribution in [0.3, 0.4) is 0 Å². The van der Waals surface area contributed by atoms with Crippen LogP contribution in [0.1, 0.15) is 36.5 Å². The van der Waals surface area contributed by atoms with Gasteiger partial charge < -0.3 is 10.2 Å². The van der Waals surface area contributed by atoms with E-state index in [0.29, 0.717) is 10.6 Å². The monoisotopic (exact) mass is 294 g/mol. The van der Waals surface area contributed by atoms with E-state index >= 15 is 0 Å². The number of halogens is 1. The lowest BCUT2D eigenvalue weighted by Gasteiger charge is -2.29. The predicted molar refractivity (Wildman–Crippen MR) is 78.8 cm³/mol. The van der Waals surface area contributed by atoms with Gasteiger partial charge in [-0.15, -0.1) is 0 Å². The molecule has 1 N–H and O–H groups in total. The van der Waals surface area contributed by atoms with Crippen LogP contribution in [0.15, 0.2) is 24.3 Å². The van der Waals surface area contributed by atoms with Crippen LogP contribution in [-0.2, 0) is 4.79 Å². The van der Waals surface area contributed by atoms with Crippen molar-refractivity contribution in [2.75, 3.05) is 13.1 Å². The fraction of sp³-hybridized carbons (Fsp3) is 0.467. The lowest BCUT2D eigenvalue weighted by molar-refractivity contribution is -0.133. The van der Waals surface area contributed by atoms with Crippen molar-refractivity contribution >= 4 is 23.4 Å². The van der Waals surface area contributed by atoms with Crippen molar-refractivity contribution in [3.63, 3.8) is 0 Å². The molecular weight excluding hydrogens is 276 g/mol. The average molecular weight is 295 g/mol. The molecular formula is C15H19ClN2O2. The van der Waals surface area contributed by atoms with E-state index < -0.39 is 6.04 Å². The third-order valence-corrected chi connectivity index (χ3v) is 3.74. The molecule has 0 bridgehead atoms. The summed E-state index contributed by atoms with van der Waals surface area (Å²) in [6, 6.07) is 6.11. The largest absolute Gasteiger partial charge is 0.341 e. The van der Waals surface area contributed by atoms with Crippen LogP contribution < -0.4 is 5.32 Å². The third kappa shape index (κ3) is 3.73. The van der Waals surface area contributed by atoms with E-state index in [2.05, 4.69) is 5.32 Å². The second-order valence-corrected chi connectivity index (χ2v) is 5.52. The first-order valence-electron chi connectivity index (χ1n) is 6.93. The van der Waals surface area contributed by atoms with Gasteiger partial charge in [0, 0.05) is 23.7 Å². The first kappa shape index (κ1) is 14.9. The van der Waals surface area contributed by atoms with Crippen molar-refractivity contribution in [1.29, 1.82) is 0 Å². The lowest BCUT2D eigenvalue weighted by Crippen LogP contribution is -2.48. The first-order valence-corrected chi connectivity index (χ1v) is 7.31. The van der Waals surface area contributed by atoms with E-state index in [0.717, 1.165) is 25.9 Å². The Morgan fingerprint density at radius 2 is 1.75 bits per heavy atom. The maximum atomic E-state index is 12.2. The molecule has 20 heavy (non-hydrogen) atoms. The van der Waals surface area contributed by atoms with Gasteiger partial charge in [0.2, 0.25) is 5.91 Å². The van der Waals surface area contributed by atoms with Gasteiger partial charge in [-0.25, -0.2) is 0 Å². The summed E-state index contributed by atoms with van der Waals surface area (Å²) in [5, 5.41) is 3.32. The van der Waals surface area contributed by atoms with Crippen LogP contribution >= 0.6 is 11.6 Å². The summed E-state index contributed by atoms with van der Waals surface area (Å²) in [4.78, 5) is 26.1. The maximum Gasteiger partial charge on any atom is 0.251 e. The van der Waals surface area contributed by atoms with Crippen LogP contribution in [-0.4, -0.2) is 35.8 Å². The zero-order valence-electron chi connectivity index (χ0n) is 11.6. The van der Waals surface area contributed by atoms with Crippen LogP contribution in [0.25, 0.3) is 0 Å². The van der Waals surface area contributed by atoms with Crippen molar-refractivity contribution in [3.8, 4) is 0 Å². The fourth-order valence-corrected chi connectivity index (χ4v) is 2.46. The number of amides is 2. The first-order chi connectivity index (χ1) is 9.58. The standard InChI is InChI=1S/C15H19ClN2O2/c1-11(15(20)18-9-3-2-4-10-18)17-14(19)12-5-7-13(16)8-6-12/h5-8,11H,2-4,9-10H2,1H3,(H,17,19)/t11-/m0/s1. The molecule has 0 radical (unpaired) electrons. The molecule has 0 unspecified atom stereocenters. The molecule has 0 spiro atoms. The average Bonchev–Trinajstić information content (AvgIpc) is 2.48. The number of hydrogen-bond donors (Lipinski definition) is 1. The summed E-state index contributed by atoms with van der Waals surface area (Å²) >= 11 is 5.78. The Labute approximate surface area is 124 Å². The molecule has 0 aromatic heterocycles. The quantitative estimate of drug-likeness (QED) is 0.931. The highest BCUT2D eigenvalue weighted by Gasteiger charge is 2.23. The minimum absolute atomic E-state index is 0.00739. The Kier molecular flexibility index (Phi) is 5.01. The van der Waals surface area contributed by atoms with E-state index in [9.17, 15) is 9.59 Å². The smallest absolute Gasteiger partial charge is 0.251 e. The van der Waals surface area contributed by atoms with Crippen LogP contribution in [0.2, 0.25) is 5.02 Å². The molecule has 4 nitrogen and oxygen atoms in total. The number of piperidine rings is 1. The minimum atomic E-state index is -0.503. The summed E-state index contributed by atoms with van der Waals surface area (Å²) in [6.07, 6.45) is 3.27. The summed E-state index contributed by atoms with van der Waals surface area (Å²) in [5.41, 5.74) is 0.507. The highest BCUT2D eigenvalue weighted by molar-refractivity contribution is 6.30. The Morgan fingerprint density at radius 1 is 1.15 bits per heavy atom. The van der Waals surface area contributed by atoms with Gasteiger partial charge in [-0.3, -0.25) is 9.59 Å². The zero-order chi connectivity index (χ0) is 14.5. The molecule has 0 aliphatic carbocycles. The number of carbonyl (C=O) groups excluding carboxylic acids is 2. The summed E-state index contributed by atoms with van der Waals surface area (Å²) < 4.78 is 0. The van der Waals surface area contributed by atoms with E-state index in [1.165, 1.54) is 6.42 Å². The minimum Gasteiger partial charge on any atom is -0.341 e. The maximum absolute atomic E-state index is 12.2. The van der Waals surface area contributed by atoms with Gasteiger partial charge in [0.25, 0.3) is 5.91 Å². The van der Waals surface area contributed by atoms with E-state index in [-0.39, 0.29) is 11.8 Å². The van der Waals surface area contributed by atoms with Crippen molar-refractivity contribution < 1.29 is 9.59 Å². The van der Waals surface area contributed by atoms with Crippen molar-refractivity contribution in [1.82, 2.24) is 10.2 Å². The van der Waals surface area contributed by atoms with E-state index in [1.54, 1.807) is 31.2 Å². The topological polar surface area (TPSA) is 49.4 Å². The lowest BCUT2D eigenvalue weighted by atomic mass is 10.1. The molecule has 2 rings (SSSR count).